The zero-order chi connectivity index (χ0) is 16.0. The van der Waals surface area contributed by atoms with Crippen molar-refractivity contribution in [3.8, 4) is 0 Å². The van der Waals surface area contributed by atoms with Gasteiger partial charge in [0.05, 0.1) is 13.2 Å². The first-order chi connectivity index (χ1) is 10.5. The highest BCUT2D eigenvalue weighted by Crippen LogP contribution is 2.24. The fourth-order valence-electron chi connectivity index (χ4n) is 1.95. The highest BCUT2D eigenvalue weighted by Gasteiger charge is 2.26. The summed E-state index contributed by atoms with van der Waals surface area (Å²) >= 11 is 1.46. The van der Waals surface area contributed by atoms with Gasteiger partial charge in [-0.15, -0.1) is 11.3 Å². The molecule has 2 atom stereocenters. The number of amides is 1. The van der Waals surface area contributed by atoms with Crippen molar-refractivity contribution >= 4 is 17.2 Å². The maximum Gasteiger partial charge on any atom is 0.248 e. The number of carbonyl (C=O) groups is 1. The van der Waals surface area contributed by atoms with Gasteiger partial charge in [0, 0.05) is 4.88 Å². The molecule has 0 saturated carbocycles. The molecule has 0 aliphatic rings. The minimum atomic E-state index is -1.07. The van der Waals surface area contributed by atoms with E-state index in [4.69, 9.17) is 4.74 Å². The van der Waals surface area contributed by atoms with Crippen LogP contribution in [-0.4, -0.2) is 23.7 Å². The minimum Gasteiger partial charge on any atom is -0.383 e. The number of hydrogen-bond acceptors (Lipinski definition) is 4. The zero-order valence-corrected chi connectivity index (χ0v) is 13.6. The summed E-state index contributed by atoms with van der Waals surface area (Å²) in [5.41, 5.74) is -0.0454. The first kappa shape index (κ1) is 16.7. The minimum absolute atomic E-state index is 0.158. The van der Waals surface area contributed by atoms with E-state index in [0.29, 0.717) is 6.61 Å². The fourth-order valence-corrected chi connectivity index (χ4v) is 2.73. The van der Waals surface area contributed by atoms with Gasteiger partial charge in [-0.1, -0.05) is 36.4 Å². The Morgan fingerprint density at radius 3 is 2.68 bits per heavy atom. The molecule has 4 nitrogen and oxygen atoms in total. The molecule has 1 aromatic heterocycles. The molecule has 2 aromatic rings. The van der Waals surface area contributed by atoms with Crippen LogP contribution in [0.5, 0.6) is 0 Å². The van der Waals surface area contributed by atoms with Crippen LogP contribution in [0.1, 0.15) is 24.3 Å². The Labute approximate surface area is 134 Å². The number of thiophene rings is 1. The van der Waals surface area contributed by atoms with Gasteiger partial charge in [-0.25, -0.2) is 0 Å². The summed E-state index contributed by atoms with van der Waals surface area (Å²) in [6, 6.07) is 13.4. The molecule has 2 N–H and O–H groups in total. The second-order valence-corrected chi connectivity index (χ2v) is 6.36. The number of benzene rings is 1. The lowest BCUT2D eigenvalue weighted by Gasteiger charge is -2.23. The number of aliphatic hydroxyl groups is 1. The molecule has 1 amide bonds. The Morgan fingerprint density at radius 2 is 2.05 bits per heavy atom. The van der Waals surface area contributed by atoms with Gasteiger partial charge in [-0.2, -0.15) is 0 Å². The molecule has 0 aliphatic carbocycles. The van der Waals surface area contributed by atoms with Crippen LogP contribution in [0.15, 0.2) is 47.8 Å². The molecular formula is C17H21NO3S. The van der Waals surface area contributed by atoms with Crippen LogP contribution in [0.25, 0.3) is 0 Å². The quantitative estimate of drug-likeness (QED) is 0.825. The predicted molar refractivity (Wildman–Crippen MR) is 87.6 cm³/mol. The fraction of sp³-hybridized carbons (Fsp3) is 0.353. The van der Waals surface area contributed by atoms with Crippen molar-refractivity contribution in [2.45, 2.75) is 32.2 Å². The Hall–Kier alpha value is -1.69. The van der Waals surface area contributed by atoms with Crippen LogP contribution in [-0.2, 0) is 21.7 Å². The number of ether oxygens (including phenoxy) is 1. The Morgan fingerprint density at radius 1 is 1.32 bits per heavy atom. The van der Waals surface area contributed by atoms with Crippen molar-refractivity contribution in [2.24, 2.45) is 0 Å². The summed E-state index contributed by atoms with van der Waals surface area (Å²) < 4.78 is 5.55. The smallest absolute Gasteiger partial charge is 0.248 e. The molecule has 0 radical (unpaired) electrons. The normalized spacial score (nSPS) is 15.0. The number of carbonyl (C=O) groups excluding carboxylic acids is 1. The van der Waals surface area contributed by atoms with Gasteiger partial charge in [0.15, 0.2) is 0 Å². The van der Waals surface area contributed by atoms with Gasteiger partial charge in [0.2, 0.25) is 5.91 Å². The number of rotatable bonds is 7. The Kier molecular flexibility index (Phi) is 5.71. The first-order valence-electron chi connectivity index (χ1n) is 7.18. The highest BCUT2D eigenvalue weighted by molar-refractivity contribution is 7.10. The Bertz CT molecular complexity index is 581. The molecule has 0 spiro atoms. The molecule has 2 rings (SSSR count). The van der Waals surface area contributed by atoms with Gasteiger partial charge in [0.25, 0.3) is 0 Å². The molecule has 1 heterocycles. The van der Waals surface area contributed by atoms with E-state index in [1.54, 1.807) is 13.8 Å². The van der Waals surface area contributed by atoms with Crippen LogP contribution < -0.4 is 5.32 Å². The number of nitrogens with one attached hydrogen (secondary N) is 1. The van der Waals surface area contributed by atoms with E-state index in [9.17, 15) is 9.90 Å². The summed E-state index contributed by atoms with van der Waals surface area (Å²) in [6.45, 7) is 3.94. The molecule has 118 valence electrons. The lowest BCUT2D eigenvalue weighted by Crippen LogP contribution is -2.42. The third kappa shape index (κ3) is 4.66. The summed E-state index contributed by atoms with van der Waals surface area (Å²) in [4.78, 5) is 12.9. The van der Waals surface area contributed by atoms with Crippen molar-refractivity contribution in [1.29, 1.82) is 0 Å². The standard InChI is InChI=1S/C17H21NO3S/c1-13(21-11-14-7-4-3-5-8-14)16(19)18-12-17(2,20)15-9-6-10-22-15/h3-10,13,20H,11-12H2,1-2H3,(H,18,19). The largest absolute Gasteiger partial charge is 0.383 e. The van der Waals surface area contributed by atoms with Crippen LogP contribution in [0.3, 0.4) is 0 Å². The third-order valence-corrected chi connectivity index (χ3v) is 4.49. The van der Waals surface area contributed by atoms with Gasteiger partial charge in [0.1, 0.15) is 11.7 Å². The van der Waals surface area contributed by atoms with Crippen molar-refractivity contribution in [1.82, 2.24) is 5.32 Å². The van der Waals surface area contributed by atoms with Gasteiger partial charge < -0.3 is 15.2 Å². The lowest BCUT2D eigenvalue weighted by atomic mass is 10.1. The van der Waals surface area contributed by atoms with Crippen LogP contribution in [0.2, 0.25) is 0 Å². The van der Waals surface area contributed by atoms with Crippen molar-refractivity contribution in [3.05, 3.63) is 58.3 Å². The second kappa shape index (κ2) is 7.54. The molecule has 22 heavy (non-hydrogen) atoms. The van der Waals surface area contributed by atoms with Crippen molar-refractivity contribution in [2.75, 3.05) is 6.54 Å². The summed E-state index contributed by atoms with van der Waals surface area (Å²) in [7, 11) is 0. The predicted octanol–water partition coefficient (Wildman–Crippen LogP) is 2.68. The molecule has 2 unspecified atom stereocenters. The van der Waals surface area contributed by atoms with E-state index in [-0.39, 0.29) is 12.5 Å². The summed E-state index contributed by atoms with van der Waals surface area (Å²) in [5.74, 6) is -0.229. The van der Waals surface area contributed by atoms with E-state index in [2.05, 4.69) is 5.32 Å². The maximum atomic E-state index is 12.0. The first-order valence-corrected chi connectivity index (χ1v) is 8.06. The number of hydrogen-bond donors (Lipinski definition) is 2. The van der Waals surface area contributed by atoms with Crippen molar-refractivity contribution < 1.29 is 14.6 Å². The molecule has 0 bridgehead atoms. The average molecular weight is 319 g/mol. The maximum absolute atomic E-state index is 12.0. The average Bonchev–Trinajstić information content (AvgIpc) is 3.06. The van der Waals surface area contributed by atoms with Crippen LogP contribution in [0.4, 0.5) is 0 Å². The SMILES string of the molecule is CC(OCc1ccccc1)C(=O)NCC(C)(O)c1cccs1. The molecule has 0 fully saturated rings. The van der Waals surface area contributed by atoms with E-state index < -0.39 is 11.7 Å². The van der Waals surface area contributed by atoms with Crippen LogP contribution in [0, 0.1) is 0 Å². The highest BCUT2D eigenvalue weighted by atomic mass is 32.1. The Balaban J connectivity index is 1.79. The zero-order valence-electron chi connectivity index (χ0n) is 12.8. The monoisotopic (exact) mass is 319 g/mol. The third-order valence-electron chi connectivity index (χ3n) is 3.37. The van der Waals surface area contributed by atoms with Gasteiger partial charge in [-0.3, -0.25) is 4.79 Å². The second-order valence-electron chi connectivity index (χ2n) is 5.41. The topological polar surface area (TPSA) is 58.6 Å². The molecule has 0 aliphatic heterocycles. The molecule has 1 aromatic carbocycles. The van der Waals surface area contributed by atoms with E-state index in [0.717, 1.165) is 10.4 Å². The van der Waals surface area contributed by atoms with E-state index in [1.165, 1.54) is 11.3 Å². The lowest BCUT2D eigenvalue weighted by molar-refractivity contribution is -0.133. The van der Waals surface area contributed by atoms with Gasteiger partial charge >= 0.3 is 0 Å². The van der Waals surface area contributed by atoms with E-state index in [1.807, 2.05) is 47.8 Å². The van der Waals surface area contributed by atoms with Crippen molar-refractivity contribution in [3.63, 3.8) is 0 Å². The summed E-state index contributed by atoms with van der Waals surface area (Å²) in [6.07, 6.45) is -0.570. The summed E-state index contributed by atoms with van der Waals surface area (Å²) in [5, 5.41) is 15.0. The van der Waals surface area contributed by atoms with E-state index >= 15 is 0 Å². The van der Waals surface area contributed by atoms with Gasteiger partial charge in [-0.05, 0) is 30.9 Å². The molecule has 5 heteroatoms. The molecule has 0 saturated heterocycles. The van der Waals surface area contributed by atoms with Crippen LogP contribution >= 0.6 is 11.3 Å². The molecular weight excluding hydrogens is 298 g/mol.